The number of rotatable bonds is 9. The lowest BCUT2D eigenvalue weighted by Crippen LogP contribution is -2.38. The van der Waals surface area contributed by atoms with E-state index in [2.05, 4.69) is 17.1 Å². The fourth-order valence-electron chi connectivity index (χ4n) is 2.24. The Hall–Kier alpha value is -1.85. The quantitative estimate of drug-likeness (QED) is 0.767. The zero-order chi connectivity index (χ0) is 16.3. The van der Waals surface area contributed by atoms with Crippen molar-refractivity contribution in [1.82, 2.24) is 9.88 Å². The summed E-state index contributed by atoms with van der Waals surface area (Å²) in [4.78, 5) is 18.5. The van der Waals surface area contributed by atoms with Crippen LogP contribution in [-0.2, 0) is 17.0 Å². The van der Waals surface area contributed by atoms with Crippen LogP contribution in [-0.4, -0.2) is 41.2 Å². The van der Waals surface area contributed by atoms with Crippen molar-refractivity contribution in [3.63, 3.8) is 0 Å². The van der Waals surface area contributed by atoms with Crippen molar-refractivity contribution in [3.05, 3.63) is 66.0 Å². The Balaban J connectivity index is 1.78. The average Bonchev–Trinajstić information content (AvgIpc) is 2.60. The Morgan fingerprint density at radius 2 is 1.87 bits per heavy atom. The van der Waals surface area contributed by atoms with Crippen LogP contribution in [0.3, 0.4) is 0 Å². The van der Waals surface area contributed by atoms with Gasteiger partial charge >= 0.3 is 0 Å². The maximum atomic E-state index is 12.4. The summed E-state index contributed by atoms with van der Waals surface area (Å²) in [6.07, 6.45) is 2.63. The van der Waals surface area contributed by atoms with E-state index in [-0.39, 0.29) is 5.91 Å². The molecule has 0 atom stereocenters. The van der Waals surface area contributed by atoms with Crippen molar-refractivity contribution in [3.8, 4) is 0 Å². The molecule has 0 aliphatic carbocycles. The van der Waals surface area contributed by atoms with Gasteiger partial charge in [-0.2, -0.15) is 0 Å². The van der Waals surface area contributed by atoms with Gasteiger partial charge in [-0.3, -0.25) is 9.78 Å². The van der Waals surface area contributed by atoms with Crippen LogP contribution in [0.2, 0.25) is 0 Å². The first-order valence-corrected chi connectivity index (χ1v) is 8.94. The summed E-state index contributed by atoms with van der Waals surface area (Å²) < 4.78 is 0. The first-order chi connectivity index (χ1) is 11.3. The van der Waals surface area contributed by atoms with E-state index in [9.17, 15) is 4.79 Å². The summed E-state index contributed by atoms with van der Waals surface area (Å²) in [6, 6.07) is 16.0. The highest BCUT2D eigenvalue weighted by Gasteiger charge is 2.12. The zero-order valence-electron chi connectivity index (χ0n) is 13.2. The van der Waals surface area contributed by atoms with E-state index >= 15 is 0 Å². The smallest absolute Gasteiger partial charge is 0.232 e. The van der Waals surface area contributed by atoms with Crippen LogP contribution < -0.4 is 5.73 Å². The Bertz CT molecular complexity index is 577. The minimum absolute atomic E-state index is 0.146. The number of pyridine rings is 1. The number of thioether (sulfide) groups is 1. The first kappa shape index (κ1) is 17.5. The van der Waals surface area contributed by atoms with Crippen molar-refractivity contribution < 1.29 is 4.79 Å². The number of hydrogen-bond donors (Lipinski definition) is 1. The molecule has 1 aromatic carbocycles. The van der Waals surface area contributed by atoms with Gasteiger partial charge in [0.1, 0.15) is 0 Å². The van der Waals surface area contributed by atoms with Gasteiger partial charge in [0.2, 0.25) is 5.91 Å². The molecule has 0 spiro atoms. The Kier molecular flexibility index (Phi) is 7.63. The molecule has 1 aromatic heterocycles. The molecule has 0 unspecified atom stereocenters. The van der Waals surface area contributed by atoms with Crippen molar-refractivity contribution in [1.29, 1.82) is 0 Å². The monoisotopic (exact) mass is 329 g/mol. The van der Waals surface area contributed by atoms with Gasteiger partial charge in [0.15, 0.2) is 0 Å². The fourth-order valence-corrected chi connectivity index (χ4v) is 3.08. The molecule has 122 valence electrons. The molecule has 1 amide bonds. The third-order valence-corrected chi connectivity index (χ3v) is 4.42. The van der Waals surface area contributed by atoms with Gasteiger partial charge in [0.25, 0.3) is 0 Å². The van der Waals surface area contributed by atoms with Gasteiger partial charge in [-0.05, 0) is 24.1 Å². The minimum atomic E-state index is 0.146. The molecular weight excluding hydrogens is 306 g/mol. The molecule has 0 aliphatic rings. The number of nitrogens with two attached hydrogens (primary N) is 1. The summed E-state index contributed by atoms with van der Waals surface area (Å²) in [5.41, 5.74) is 7.88. The van der Waals surface area contributed by atoms with Crippen molar-refractivity contribution >= 4 is 17.7 Å². The zero-order valence-corrected chi connectivity index (χ0v) is 14.0. The van der Waals surface area contributed by atoms with Crippen LogP contribution in [0.25, 0.3) is 0 Å². The number of carbonyl (C=O) groups excluding carboxylic acids is 1. The standard InChI is InChI=1S/C18H23N3OS/c19-10-13-21(12-9-16-6-2-1-3-7-16)18(22)15-23-14-17-8-4-5-11-20-17/h1-8,11H,9-10,12-15,19H2. The predicted molar refractivity (Wildman–Crippen MR) is 96.2 cm³/mol. The van der Waals surface area contributed by atoms with Crippen molar-refractivity contribution in [2.24, 2.45) is 5.73 Å². The molecule has 0 saturated carbocycles. The van der Waals surface area contributed by atoms with Crippen molar-refractivity contribution in [2.75, 3.05) is 25.4 Å². The molecular formula is C18H23N3OS. The van der Waals surface area contributed by atoms with Crippen LogP contribution in [0.15, 0.2) is 54.7 Å². The highest BCUT2D eigenvalue weighted by Crippen LogP contribution is 2.11. The molecule has 0 bridgehead atoms. The number of amides is 1. The molecule has 23 heavy (non-hydrogen) atoms. The average molecular weight is 329 g/mol. The second kappa shape index (κ2) is 10.0. The predicted octanol–water partition coefficient (Wildman–Crippen LogP) is 2.34. The van der Waals surface area contributed by atoms with E-state index in [0.29, 0.717) is 25.4 Å². The number of carbonyl (C=O) groups is 1. The van der Waals surface area contributed by atoms with Gasteiger partial charge in [-0.15, -0.1) is 11.8 Å². The molecule has 5 heteroatoms. The summed E-state index contributed by atoms with van der Waals surface area (Å²) in [6.45, 7) is 1.81. The minimum Gasteiger partial charge on any atom is -0.340 e. The maximum absolute atomic E-state index is 12.4. The first-order valence-electron chi connectivity index (χ1n) is 7.79. The number of nitrogens with zero attached hydrogens (tertiary/aromatic N) is 2. The number of aromatic nitrogens is 1. The third-order valence-electron chi connectivity index (χ3n) is 3.47. The Labute approximate surface area is 142 Å². The van der Waals surface area contributed by atoms with E-state index in [0.717, 1.165) is 17.9 Å². The number of hydrogen-bond acceptors (Lipinski definition) is 4. The van der Waals surface area contributed by atoms with E-state index in [1.807, 2.05) is 41.3 Å². The lowest BCUT2D eigenvalue weighted by atomic mass is 10.1. The summed E-state index contributed by atoms with van der Waals surface area (Å²) in [7, 11) is 0. The van der Waals surface area contributed by atoms with Crippen LogP contribution in [0.1, 0.15) is 11.3 Å². The Morgan fingerprint density at radius 3 is 2.57 bits per heavy atom. The van der Waals surface area contributed by atoms with E-state index in [4.69, 9.17) is 5.73 Å². The molecule has 0 radical (unpaired) electrons. The van der Waals surface area contributed by atoms with Gasteiger partial charge < -0.3 is 10.6 Å². The van der Waals surface area contributed by atoms with Gasteiger partial charge in [0.05, 0.1) is 11.4 Å². The topological polar surface area (TPSA) is 59.2 Å². The second-order valence-electron chi connectivity index (χ2n) is 5.22. The van der Waals surface area contributed by atoms with E-state index < -0.39 is 0 Å². The summed E-state index contributed by atoms with van der Waals surface area (Å²) in [5.74, 6) is 1.36. The van der Waals surface area contributed by atoms with Gasteiger partial charge in [-0.1, -0.05) is 36.4 Å². The molecule has 1 heterocycles. The summed E-state index contributed by atoms with van der Waals surface area (Å²) >= 11 is 1.60. The fraction of sp³-hybridized carbons (Fsp3) is 0.333. The third kappa shape index (κ3) is 6.42. The van der Waals surface area contributed by atoms with Crippen LogP contribution in [0, 0.1) is 0 Å². The number of benzene rings is 1. The molecule has 2 aromatic rings. The highest BCUT2D eigenvalue weighted by atomic mass is 32.2. The van der Waals surface area contributed by atoms with E-state index in [1.54, 1.807) is 18.0 Å². The normalized spacial score (nSPS) is 10.5. The summed E-state index contributed by atoms with van der Waals surface area (Å²) in [5, 5.41) is 0. The van der Waals surface area contributed by atoms with Crippen LogP contribution in [0.5, 0.6) is 0 Å². The largest absolute Gasteiger partial charge is 0.340 e. The van der Waals surface area contributed by atoms with Crippen molar-refractivity contribution in [2.45, 2.75) is 12.2 Å². The lowest BCUT2D eigenvalue weighted by Gasteiger charge is -2.22. The van der Waals surface area contributed by atoms with Gasteiger partial charge in [0, 0.05) is 31.6 Å². The molecule has 2 N–H and O–H groups in total. The van der Waals surface area contributed by atoms with E-state index in [1.165, 1.54) is 5.56 Å². The molecule has 2 rings (SSSR count). The highest BCUT2D eigenvalue weighted by molar-refractivity contribution is 7.99. The van der Waals surface area contributed by atoms with Gasteiger partial charge in [-0.25, -0.2) is 0 Å². The Morgan fingerprint density at radius 1 is 1.09 bits per heavy atom. The van der Waals surface area contributed by atoms with Crippen LogP contribution in [0.4, 0.5) is 0 Å². The maximum Gasteiger partial charge on any atom is 0.232 e. The second-order valence-corrected chi connectivity index (χ2v) is 6.20. The van der Waals surface area contributed by atoms with Crippen LogP contribution >= 0.6 is 11.8 Å². The lowest BCUT2D eigenvalue weighted by molar-refractivity contribution is -0.128. The molecule has 4 nitrogen and oxygen atoms in total. The molecule has 0 aliphatic heterocycles. The molecule has 0 fully saturated rings. The molecule has 0 saturated heterocycles. The SMILES string of the molecule is NCCN(CCc1ccccc1)C(=O)CSCc1ccccn1.